The summed E-state index contributed by atoms with van der Waals surface area (Å²) in [6.45, 7) is 1.44. The van der Waals surface area contributed by atoms with E-state index in [2.05, 4.69) is 16.2 Å². The summed E-state index contributed by atoms with van der Waals surface area (Å²) >= 11 is 0. The van der Waals surface area contributed by atoms with Gasteiger partial charge in [-0.2, -0.15) is 4.98 Å². The van der Waals surface area contributed by atoms with E-state index >= 15 is 0 Å². The predicted octanol–water partition coefficient (Wildman–Crippen LogP) is -0.350. The fourth-order valence-electron chi connectivity index (χ4n) is 1.24. The summed E-state index contributed by atoms with van der Waals surface area (Å²) in [5.74, 6) is 3.10. The summed E-state index contributed by atoms with van der Waals surface area (Å²) in [4.78, 5) is 14.9. The molecule has 0 aromatic carbocycles. The van der Waals surface area contributed by atoms with Gasteiger partial charge in [0.1, 0.15) is 11.5 Å². The van der Waals surface area contributed by atoms with Crippen molar-refractivity contribution in [1.82, 2.24) is 9.55 Å². The lowest BCUT2D eigenvalue weighted by molar-refractivity contribution is 0.741. The number of nitrogens with one attached hydrogen (secondary N) is 1. The van der Waals surface area contributed by atoms with Crippen molar-refractivity contribution in [2.75, 3.05) is 11.9 Å². The van der Waals surface area contributed by atoms with Crippen LogP contribution in [0.25, 0.3) is 0 Å². The summed E-state index contributed by atoms with van der Waals surface area (Å²) in [5, 5.41) is 3.04. The van der Waals surface area contributed by atoms with Crippen LogP contribution >= 0.6 is 0 Å². The fourth-order valence-corrected chi connectivity index (χ4v) is 1.24. The van der Waals surface area contributed by atoms with Crippen molar-refractivity contribution in [2.24, 2.45) is 0 Å². The Kier molecular flexibility index (Phi) is 1.37. The molecule has 0 saturated heterocycles. The molecule has 1 aliphatic heterocycles. The summed E-state index contributed by atoms with van der Waals surface area (Å²) in [7, 11) is 0. The van der Waals surface area contributed by atoms with Crippen molar-refractivity contribution < 1.29 is 0 Å². The van der Waals surface area contributed by atoms with Crippen molar-refractivity contribution >= 4 is 5.82 Å². The van der Waals surface area contributed by atoms with Crippen LogP contribution in [0, 0.1) is 12.3 Å². The highest BCUT2D eigenvalue weighted by Crippen LogP contribution is 2.09. The van der Waals surface area contributed by atoms with Gasteiger partial charge in [0.15, 0.2) is 0 Å². The molecule has 1 N–H and O–H groups in total. The van der Waals surface area contributed by atoms with Gasteiger partial charge in [0.2, 0.25) is 0 Å². The molecule has 0 amide bonds. The quantitative estimate of drug-likeness (QED) is 0.529. The summed E-state index contributed by atoms with van der Waals surface area (Å²) in [6, 6.07) is 1.70. The van der Waals surface area contributed by atoms with Crippen LogP contribution < -0.4 is 11.0 Å². The minimum atomic E-state index is -0.273. The number of hydrogen-bond donors (Lipinski definition) is 1. The lowest BCUT2D eigenvalue weighted by atomic mass is 10.4. The number of nitrogens with zero attached hydrogens (tertiary/aromatic N) is 2. The maximum absolute atomic E-state index is 11.2. The van der Waals surface area contributed by atoms with E-state index < -0.39 is 0 Å². The molecule has 4 heteroatoms. The zero-order valence-electron chi connectivity index (χ0n) is 6.37. The predicted molar refractivity (Wildman–Crippen MR) is 44.9 cm³/mol. The first kappa shape index (κ1) is 6.92. The number of rotatable bonds is 0. The number of fused-ring (bicyclic) bond motifs is 1. The number of terminal acetylenes is 1. The van der Waals surface area contributed by atoms with Gasteiger partial charge in [0.05, 0.1) is 0 Å². The highest BCUT2D eigenvalue weighted by Gasteiger charge is 2.11. The normalized spacial score (nSPS) is 13.2. The Labute approximate surface area is 69.2 Å². The smallest absolute Gasteiger partial charge is 0.350 e. The van der Waals surface area contributed by atoms with Gasteiger partial charge in [-0.25, -0.2) is 4.79 Å². The standard InChI is InChI=1S/C8H7N3O/c1-2-6-5-7-9-3-4-11(7)8(12)10-6/h1,5,9H,3-4H2. The Hall–Kier alpha value is -1.76. The van der Waals surface area contributed by atoms with Gasteiger partial charge in [-0.3, -0.25) is 4.57 Å². The van der Waals surface area contributed by atoms with Crippen LogP contribution in [0.4, 0.5) is 5.82 Å². The van der Waals surface area contributed by atoms with Crippen molar-refractivity contribution in [3.05, 3.63) is 22.2 Å². The van der Waals surface area contributed by atoms with Gasteiger partial charge in [-0.05, 0) is 5.92 Å². The molecule has 0 bridgehead atoms. The SMILES string of the molecule is C#Cc1cc2n(c(=O)n1)CCN2. The van der Waals surface area contributed by atoms with E-state index in [-0.39, 0.29) is 5.69 Å². The monoisotopic (exact) mass is 161 g/mol. The maximum Gasteiger partial charge on any atom is 0.350 e. The zero-order chi connectivity index (χ0) is 8.55. The molecule has 4 nitrogen and oxygen atoms in total. The van der Waals surface area contributed by atoms with Gasteiger partial charge in [0, 0.05) is 19.2 Å². The topological polar surface area (TPSA) is 46.9 Å². The van der Waals surface area contributed by atoms with Crippen LogP contribution in [-0.4, -0.2) is 16.1 Å². The molecule has 60 valence electrons. The number of anilines is 1. The molecule has 1 aromatic rings. The van der Waals surface area contributed by atoms with Crippen LogP contribution in [-0.2, 0) is 6.54 Å². The second kappa shape index (κ2) is 2.38. The molecule has 0 fully saturated rings. The first-order valence-corrected chi connectivity index (χ1v) is 3.63. The molecule has 0 aliphatic carbocycles. The van der Waals surface area contributed by atoms with Crippen molar-refractivity contribution in [3.63, 3.8) is 0 Å². The summed E-state index contributed by atoms with van der Waals surface area (Å²) < 4.78 is 1.57. The average molecular weight is 161 g/mol. The maximum atomic E-state index is 11.2. The molecular formula is C8H7N3O. The Morgan fingerprint density at radius 3 is 3.33 bits per heavy atom. The molecule has 1 aliphatic rings. The fraction of sp³-hybridized carbons (Fsp3) is 0.250. The third-order valence-electron chi connectivity index (χ3n) is 1.80. The third kappa shape index (κ3) is 0.873. The highest BCUT2D eigenvalue weighted by molar-refractivity contribution is 5.43. The van der Waals surface area contributed by atoms with E-state index in [0.717, 1.165) is 12.4 Å². The number of hydrogen-bond acceptors (Lipinski definition) is 3. The Bertz CT molecular complexity index is 413. The minimum absolute atomic E-state index is 0.273. The molecule has 0 saturated carbocycles. The second-order valence-corrected chi connectivity index (χ2v) is 2.53. The van der Waals surface area contributed by atoms with Crippen LogP contribution in [0.15, 0.2) is 10.9 Å². The molecule has 2 heterocycles. The average Bonchev–Trinajstić information content (AvgIpc) is 2.52. The highest BCUT2D eigenvalue weighted by atomic mass is 16.1. The Balaban J connectivity index is 2.69. The lowest BCUT2D eigenvalue weighted by Gasteiger charge is -1.99. The minimum Gasteiger partial charge on any atom is -0.369 e. The Morgan fingerprint density at radius 2 is 2.58 bits per heavy atom. The van der Waals surface area contributed by atoms with E-state index in [9.17, 15) is 4.79 Å². The van der Waals surface area contributed by atoms with Crippen molar-refractivity contribution in [1.29, 1.82) is 0 Å². The molecule has 0 spiro atoms. The molecule has 0 atom stereocenters. The van der Waals surface area contributed by atoms with E-state index in [1.807, 2.05) is 0 Å². The van der Waals surface area contributed by atoms with E-state index in [1.165, 1.54) is 0 Å². The van der Waals surface area contributed by atoms with Crippen LogP contribution in [0.3, 0.4) is 0 Å². The molecule has 1 aromatic heterocycles. The number of aromatic nitrogens is 2. The second-order valence-electron chi connectivity index (χ2n) is 2.53. The molecular weight excluding hydrogens is 154 g/mol. The van der Waals surface area contributed by atoms with Gasteiger partial charge in [-0.15, -0.1) is 6.42 Å². The van der Waals surface area contributed by atoms with E-state index in [0.29, 0.717) is 12.2 Å². The van der Waals surface area contributed by atoms with E-state index in [1.54, 1.807) is 10.6 Å². The van der Waals surface area contributed by atoms with E-state index in [4.69, 9.17) is 6.42 Å². The molecule has 0 radical (unpaired) electrons. The summed E-state index contributed by atoms with van der Waals surface area (Å²) in [6.07, 6.45) is 5.12. The lowest BCUT2D eigenvalue weighted by Crippen LogP contribution is -2.21. The molecule has 2 rings (SSSR count). The third-order valence-corrected chi connectivity index (χ3v) is 1.80. The van der Waals surface area contributed by atoms with Crippen LogP contribution in [0.2, 0.25) is 0 Å². The first-order chi connectivity index (χ1) is 5.81. The van der Waals surface area contributed by atoms with Gasteiger partial charge < -0.3 is 5.32 Å². The largest absolute Gasteiger partial charge is 0.369 e. The van der Waals surface area contributed by atoms with Crippen LogP contribution in [0.5, 0.6) is 0 Å². The van der Waals surface area contributed by atoms with Gasteiger partial charge in [0.25, 0.3) is 0 Å². The van der Waals surface area contributed by atoms with Gasteiger partial charge in [-0.1, -0.05) is 0 Å². The Morgan fingerprint density at radius 1 is 1.75 bits per heavy atom. The van der Waals surface area contributed by atoms with Crippen molar-refractivity contribution in [2.45, 2.75) is 6.54 Å². The van der Waals surface area contributed by atoms with Gasteiger partial charge >= 0.3 is 5.69 Å². The van der Waals surface area contributed by atoms with Crippen molar-refractivity contribution in [3.8, 4) is 12.3 Å². The summed E-state index contributed by atoms with van der Waals surface area (Å²) in [5.41, 5.74) is 0.117. The van der Waals surface area contributed by atoms with Crippen LogP contribution in [0.1, 0.15) is 5.69 Å². The molecule has 12 heavy (non-hydrogen) atoms. The molecule has 0 unspecified atom stereocenters. The zero-order valence-corrected chi connectivity index (χ0v) is 6.37. The first-order valence-electron chi connectivity index (χ1n) is 3.63.